The Labute approximate surface area is 149 Å². The highest BCUT2D eigenvalue weighted by molar-refractivity contribution is 9.10. The van der Waals surface area contributed by atoms with E-state index in [0.717, 1.165) is 35.1 Å². The number of carbonyl (C=O) groups excluding carboxylic acids is 3. The van der Waals surface area contributed by atoms with Gasteiger partial charge >= 0.3 is 6.03 Å². The molecule has 1 aromatic carbocycles. The molecule has 6 nitrogen and oxygen atoms in total. The lowest BCUT2D eigenvalue weighted by Gasteiger charge is -2.24. The third kappa shape index (κ3) is 3.31. The number of urea groups is 1. The Morgan fingerprint density at radius 3 is 2.50 bits per heavy atom. The van der Waals surface area contributed by atoms with E-state index in [1.807, 2.05) is 12.1 Å². The molecular weight excluding hydrogens is 374 g/mol. The number of anilines is 1. The molecule has 0 unspecified atom stereocenters. The summed E-state index contributed by atoms with van der Waals surface area (Å²) in [7, 11) is 0. The number of para-hydroxylation sites is 1. The Balaban J connectivity index is 1.68. The van der Waals surface area contributed by atoms with Crippen molar-refractivity contribution in [3.63, 3.8) is 0 Å². The highest BCUT2D eigenvalue weighted by Crippen LogP contribution is 2.32. The van der Waals surface area contributed by atoms with E-state index in [2.05, 4.69) is 26.6 Å². The molecular formula is C17H20BrN3O3. The topological polar surface area (TPSA) is 78.5 Å². The number of nitrogens with zero attached hydrogens (tertiary/aromatic N) is 1. The van der Waals surface area contributed by atoms with Gasteiger partial charge in [-0.15, -0.1) is 0 Å². The van der Waals surface area contributed by atoms with Gasteiger partial charge in [-0.1, -0.05) is 37.8 Å². The van der Waals surface area contributed by atoms with Gasteiger partial charge in [-0.3, -0.25) is 14.5 Å². The van der Waals surface area contributed by atoms with Gasteiger partial charge in [0.15, 0.2) is 0 Å². The van der Waals surface area contributed by atoms with E-state index in [0.29, 0.717) is 18.5 Å². The maximum absolute atomic E-state index is 12.8. The molecule has 3 rings (SSSR count). The minimum absolute atomic E-state index is 0.267. The molecule has 0 bridgehead atoms. The van der Waals surface area contributed by atoms with Gasteiger partial charge in [0.25, 0.3) is 5.91 Å². The SMILES string of the molecule is O=C(CN1C(=O)NC2(CCCCCC2)C1=O)Nc1ccccc1Br. The molecule has 1 saturated heterocycles. The molecule has 1 spiro atoms. The number of halogens is 1. The second-order valence-corrected chi connectivity index (χ2v) is 7.20. The zero-order valence-corrected chi connectivity index (χ0v) is 14.9. The van der Waals surface area contributed by atoms with Gasteiger partial charge in [0, 0.05) is 4.47 Å². The molecule has 2 N–H and O–H groups in total. The number of carbonyl (C=O) groups is 3. The maximum Gasteiger partial charge on any atom is 0.325 e. The fourth-order valence-electron chi connectivity index (χ4n) is 3.39. The molecule has 1 aromatic rings. The summed E-state index contributed by atoms with van der Waals surface area (Å²) in [5.74, 6) is -0.659. The van der Waals surface area contributed by atoms with Crippen LogP contribution in [-0.4, -0.2) is 34.8 Å². The average molecular weight is 394 g/mol. The highest BCUT2D eigenvalue weighted by atomic mass is 79.9. The average Bonchev–Trinajstić information content (AvgIpc) is 2.73. The number of nitrogens with one attached hydrogen (secondary N) is 2. The van der Waals surface area contributed by atoms with Crippen LogP contribution >= 0.6 is 15.9 Å². The molecule has 2 aliphatic rings. The molecule has 1 saturated carbocycles. The number of hydrogen-bond donors (Lipinski definition) is 2. The van der Waals surface area contributed by atoms with Crippen molar-refractivity contribution >= 4 is 39.5 Å². The van der Waals surface area contributed by atoms with E-state index in [4.69, 9.17) is 0 Å². The molecule has 0 radical (unpaired) electrons. The lowest BCUT2D eigenvalue weighted by Crippen LogP contribution is -2.47. The predicted octanol–water partition coefficient (Wildman–Crippen LogP) is 3.03. The van der Waals surface area contributed by atoms with Crippen molar-refractivity contribution in [1.29, 1.82) is 0 Å². The van der Waals surface area contributed by atoms with Crippen molar-refractivity contribution in [2.75, 3.05) is 11.9 Å². The van der Waals surface area contributed by atoms with E-state index in [-0.39, 0.29) is 12.5 Å². The van der Waals surface area contributed by atoms with Crippen LogP contribution in [0.5, 0.6) is 0 Å². The molecule has 1 aliphatic carbocycles. The highest BCUT2D eigenvalue weighted by Gasteiger charge is 2.51. The lowest BCUT2D eigenvalue weighted by molar-refractivity contribution is -0.134. The van der Waals surface area contributed by atoms with Crippen LogP contribution in [0.25, 0.3) is 0 Å². The quantitative estimate of drug-likeness (QED) is 0.774. The van der Waals surface area contributed by atoms with Gasteiger partial charge in [0.2, 0.25) is 5.91 Å². The van der Waals surface area contributed by atoms with E-state index >= 15 is 0 Å². The van der Waals surface area contributed by atoms with Crippen molar-refractivity contribution < 1.29 is 14.4 Å². The van der Waals surface area contributed by atoms with Crippen LogP contribution in [0.1, 0.15) is 38.5 Å². The van der Waals surface area contributed by atoms with Crippen LogP contribution in [0, 0.1) is 0 Å². The zero-order chi connectivity index (χ0) is 17.2. The Bertz CT molecular complexity index is 669. The monoisotopic (exact) mass is 393 g/mol. The van der Waals surface area contributed by atoms with Crippen molar-refractivity contribution in [3.8, 4) is 0 Å². The maximum atomic E-state index is 12.8. The lowest BCUT2D eigenvalue weighted by atomic mass is 9.90. The van der Waals surface area contributed by atoms with Gasteiger partial charge < -0.3 is 10.6 Å². The van der Waals surface area contributed by atoms with Crippen LogP contribution in [0.2, 0.25) is 0 Å². The zero-order valence-electron chi connectivity index (χ0n) is 13.3. The van der Waals surface area contributed by atoms with Crippen LogP contribution in [0.4, 0.5) is 10.5 Å². The Hall–Kier alpha value is -1.89. The van der Waals surface area contributed by atoms with Gasteiger partial charge in [-0.2, -0.15) is 0 Å². The molecule has 1 aliphatic heterocycles. The first-order valence-corrected chi connectivity index (χ1v) is 9.00. The van der Waals surface area contributed by atoms with E-state index < -0.39 is 17.5 Å². The molecule has 0 atom stereocenters. The molecule has 24 heavy (non-hydrogen) atoms. The van der Waals surface area contributed by atoms with E-state index in [1.54, 1.807) is 12.1 Å². The van der Waals surface area contributed by atoms with Gasteiger partial charge in [0.1, 0.15) is 12.1 Å². The number of imide groups is 1. The Kier molecular flexibility index (Phi) is 4.89. The summed E-state index contributed by atoms with van der Waals surface area (Å²) in [6.07, 6.45) is 5.30. The molecule has 1 heterocycles. The van der Waals surface area contributed by atoms with Gasteiger partial charge in [-0.25, -0.2) is 4.79 Å². The summed E-state index contributed by atoms with van der Waals surface area (Å²) < 4.78 is 0.746. The number of amides is 4. The van der Waals surface area contributed by atoms with Crippen LogP contribution in [0.3, 0.4) is 0 Å². The number of hydrogen-bond acceptors (Lipinski definition) is 3. The summed E-state index contributed by atoms with van der Waals surface area (Å²) in [6.45, 7) is -0.270. The summed E-state index contributed by atoms with van der Waals surface area (Å²) in [5, 5.41) is 5.56. The molecule has 7 heteroatoms. The molecule has 0 aromatic heterocycles. The second kappa shape index (κ2) is 6.93. The minimum atomic E-state index is -0.804. The number of rotatable bonds is 3. The smallest absolute Gasteiger partial charge is 0.324 e. The van der Waals surface area contributed by atoms with Crippen LogP contribution in [-0.2, 0) is 9.59 Å². The predicted molar refractivity (Wildman–Crippen MR) is 93.4 cm³/mol. The van der Waals surface area contributed by atoms with Gasteiger partial charge in [-0.05, 0) is 40.9 Å². The van der Waals surface area contributed by atoms with Crippen molar-refractivity contribution in [3.05, 3.63) is 28.7 Å². The Morgan fingerprint density at radius 2 is 1.83 bits per heavy atom. The standard InChI is InChI=1S/C17H20BrN3O3/c18-12-7-3-4-8-13(12)19-14(22)11-21-15(23)17(20-16(21)24)9-5-1-2-6-10-17/h3-4,7-8H,1-2,5-6,9-11H2,(H,19,22)(H,20,24). The molecule has 4 amide bonds. The van der Waals surface area contributed by atoms with Crippen LogP contribution < -0.4 is 10.6 Å². The summed E-state index contributed by atoms with van der Waals surface area (Å²) in [5.41, 5.74) is -0.194. The second-order valence-electron chi connectivity index (χ2n) is 6.35. The third-order valence-corrected chi connectivity index (χ3v) is 5.34. The largest absolute Gasteiger partial charge is 0.325 e. The fourth-order valence-corrected chi connectivity index (χ4v) is 3.77. The van der Waals surface area contributed by atoms with Crippen LogP contribution in [0.15, 0.2) is 28.7 Å². The van der Waals surface area contributed by atoms with E-state index in [1.165, 1.54) is 0 Å². The summed E-state index contributed by atoms with van der Waals surface area (Å²) in [4.78, 5) is 38.3. The normalized spacial score (nSPS) is 20.0. The summed E-state index contributed by atoms with van der Waals surface area (Å²) >= 11 is 3.35. The first-order valence-electron chi connectivity index (χ1n) is 8.20. The number of benzene rings is 1. The minimum Gasteiger partial charge on any atom is -0.324 e. The van der Waals surface area contributed by atoms with Gasteiger partial charge in [0.05, 0.1) is 5.69 Å². The summed E-state index contributed by atoms with van der Waals surface area (Å²) in [6, 6.07) is 6.73. The van der Waals surface area contributed by atoms with Crippen molar-refractivity contribution in [1.82, 2.24) is 10.2 Å². The first-order chi connectivity index (χ1) is 11.5. The Morgan fingerprint density at radius 1 is 1.17 bits per heavy atom. The van der Waals surface area contributed by atoms with Crippen molar-refractivity contribution in [2.45, 2.75) is 44.1 Å². The third-order valence-electron chi connectivity index (χ3n) is 4.65. The van der Waals surface area contributed by atoms with Crippen molar-refractivity contribution in [2.24, 2.45) is 0 Å². The molecule has 128 valence electrons. The van der Waals surface area contributed by atoms with E-state index in [9.17, 15) is 14.4 Å². The molecule has 2 fully saturated rings. The fraction of sp³-hybridized carbons (Fsp3) is 0.471. The first kappa shape index (κ1) is 17.0.